The van der Waals surface area contributed by atoms with Crippen molar-refractivity contribution < 1.29 is 18.3 Å². The largest absolute Gasteiger partial charge is 0.497 e. The van der Waals surface area contributed by atoms with Crippen LogP contribution in [0.3, 0.4) is 0 Å². The van der Waals surface area contributed by atoms with Crippen molar-refractivity contribution in [2.24, 2.45) is 0 Å². The van der Waals surface area contributed by atoms with Crippen LogP contribution in [0.5, 0.6) is 5.75 Å². The van der Waals surface area contributed by atoms with Gasteiger partial charge in [-0.2, -0.15) is 0 Å². The molecule has 0 unspecified atom stereocenters. The summed E-state index contributed by atoms with van der Waals surface area (Å²) in [5.41, 5.74) is 1.45. The highest BCUT2D eigenvalue weighted by Gasteiger charge is 2.14. The summed E-state index contributed by atoms with van der Waals surface area (Å²) in [7, 11) is 5.02. The van der Waals surface area contributed by atoms with Crippen LogP contribution in [0.4, 0.5) is 14.5 Å². The van der Waals surface area contributed by atoms with Crippen molar-refractivity contribution in [3.63, 3.8) is 0 Å². The molecule has 3 rings (SSSR count). The van der Waals surface area contributed by atoms with Gasteiger partial charge in [0, 0.05) is 32.4 Å². The maximum atomic E-state index is 13.4. The van der Waals surface area contributed by atoms with Crippen LogP contribution in [-0.4, -0.2) is 38.6 Å². The number of hydrogen-bond acceptors (Lipinski definition) is 3. The van der Waals surface area contributed by atoms with Gasteiger partial charge in [-0.25, -0.2) is 8.78 Å². The van der Waals surface area contributed by atoms with Gasteiger partial charge >= 0.3 is 0 Å². The summed E-state index contributed by atoms with van der Waals surface area (Å²) in [6.45, 7) is 0.513. The second kappa shape index (κ2) is 8.25. The number of likely N-dealkylation sites (N-methyl/N-ethyl adjacent to an activating group) is 2. The van der Waals surface area contributed by atoms with E-state index in [-0.39, 0.29) is 12.5 Å². The summed E-state index contributed by atoms with van der Waals surface area (Å²) in [4.78, 5) is 15.7. The molecule has 146 valence electrons. The van der Waals surface area contributed by atoms with Gasteiger partial charge in [-0.15, -0.1) is 0 Å². The first-order valence-electron chi connectivity index (χ1n) is 8.84. The standard InChI is InChI=1S/C22H22F2N2O2/c1-25(18-7-9-20(23)21(24)12-18)14-22(27)26(2)13-15-4-5-17-11-19(28-3)8-6-16(17)10-15/h4-12H,13-14H2,1-3H3. The summed E-state index contributed by atoms with van der Waals surface area (Å²) in [6.07, 6.45) is 0. The average Bonchev–Trinajstić information content (AvgIpc) is 2.69. The van der Waals surface area contributed by atoms with Crippen molar-refractivity contribution in [3.05, 3.63) is 71.8 Å². The number of halogens is 2. The van der Waals surface area contributed by atoms with Crippen LogP contribution in [0.2, 0.25) is 0 Å². The first kappa shape index (κ1) is 19.6. The van der Waals surface area contributed by atoms with Gasteiger partial charge in [0.15, 0.2) is 11.6 Å². The highest BCUT2D eigenvalue weighted by molar-refractivity contribution is 5.85. The van der Waals surface area contributed by atoms with Gasteiger partial charge in [0.2, 0.25) is 5.91 Å². The Hall–Kier alpha value is -3.15. The number of nitrogens with zero attached hydrogens (tertiary/aromatic N) is 2. The lowest BCUT2D eigenvalue weighted by Crippen LogP contribution is -2.36. The molecule has 0 aromatic heterocycles. The lowest BCUT2D eigenvalue weighted by Gasteiger charge is -2.23. The highest BCUT2D eigenvalue weighted by Crippen LogP contribution is 2.22. The molecule has 3 aromatic rings. The molecule has 0 bridgehead atoms. The summed E-state index contributed by atoms with van der Waals surface area (Å²) in [5.74, 6) is -1.16. The van der Waals surface area contributed by atoms with Crippen molar-refractivity contribution >= 4 is 22.4 Å². The SMILES string of the molecule is COc1ccc2cc(CN(C)C(=O)CN(C)c3ccc(F)c(F)c3)ccc2c1. The Labute approximate surface area is 162 Å². The molecule has 0 fully saturated rings. The zero-order valence-corrected chi connectivity index (χ0v) is 16.1. The van der Waals surface area contributed by atoms with Crippen LogP contribution in [-0.2, 0) is 11.3 Å². The van der Waals surface area contributed by atoms with Crippen molar-refractivity contribution in [1.29, 1.82) is 0 Å². The lowest BCUT2D eigenvalue weighted by molar-refractivity contribution is -0.128. The Morgan fingerprint density at radius 2 is 1.64 bits per heavy atom. The zero-order chi connectivity index (χ0) is 20.3. The molecule has 0 aliphatic rings. The fraction of sp³-hybridized carbons (Fsp3) is 0.227. The molecule has 6 heteroatoms. The Bertz CT molecular complexity index is 1010. The molecule has 0 heterocycles. The van der Waals surface area contributed by atoms with E-state index in [2.05, 4.69) is 0 Å². The van der Waals surface area contributed by atoms with Crippen LogP contribution < -0.4 is 9.64 Å². The number of carbonyl (C=O) groups excluding carboxylic acids is 1. The van der Waals surface area contributed by atoms with E-state index in [0.717, 1.165) is 34.2 Å². The molecule has 0 saturated carbocycles. The number of benzene rings is 3. The fourth-order valence-electron chi connectivity index (χ4n) is 3.00. The molecule has 0 spiro atoms. The van der Waals surface area contributed by atoms with Crippen LogP contribution in [0, 0.1) is 11.6 Å². The van der Waals surface area contributed by atoms with Gasteiger partial charge in [0.25, 0.3) is 0 Å². The predicted octanol–water partition coefficient (Wildman–Crippen LogP) is 4.22. The first-order chi connectivity index (χ1) is 13.4. The molecule has 0 N–H and O–H groups in total. The van der Waals surface area contributed by atoms with Crippen molar-refractivity contribution in [2.75, 3.05) is 32.6 Å². The average molecular weight is 384 g/mol. The van der Waals surface area contributed by atoms with Gasteiger partial charge in [-0.3, -0.25) is 4.79 Å². The van der Waals surface area contributed by atoms with E-state index in [4.69, 9.17) is 4.74 Å². The molecule has 0 atom stereocenters. The molecule has 0 saturated heterocycles. The fourth-order valence-corrected chi connectivity index (χ4v) is 3.00. The monoisotopic (exact) mass is 384 g/mol. The topological polar surface area (TPSA) is 32.8 Å². The zero-order valence-electron chi connectivity index (χ0n) is 16.1. The summed E-state index contributed by atoms with van der Waals surface area (Å²) < 4.78 is 31.7. The Morgan fingerprint density at radius 1 is 0.929 bits per heavy atom. The summed E-state index contributed by atoms with van der Waals surface area (Å²) in [5, 5.41) is 2.13. The van der Waals surface area contributed by atoms with Crippen LogP contribution in [0.15, 0.2) is 54.6 Å². The van der Waals surface area contributed by atoms with Gasteiger partial charge in [0.05, 0.1) is 13.7 Å². The first-order valence-corrected chi connectivity index (χ1v) is 8.84. The minimum absolute atomic E-state index is 0.0619. The maximum absolute atomic E-state index is 13.4. The lowest BCUT2D eigenvalue weighted by atomic mass is 10.1. The smallest absolute Gasteiger partial charge is 0.242 e. The highest BCUT2D eigenvalue weighted by atomic mass is 19.2. The van der Waals surface area contributed by atoms with Gasteiger partial charge < -0.3 is 14.5 Å². The van der Waals surface area contributed by atoms with E-state index in [1.807, 2.05) is 36.4 Å². The number of amides is 1. The van der Waals surface area contributed by atoms with E-state index >= 15 is 0 Å². The minimum atomic E-state index is -0.932. The summed E-state index contributed by atoms with van der Waals surface area (Å²) >= 11 is 0. The van der Waals surface area contributed by atoms with Crippen molar-refractivity contribution in [2.45, 2.75) is 6.54 Å². The van der Waals surface area contributed by atoms with E-state index in [1.54, 1.807) is 31.0 Å². The third kappa shape index (κ3) is 4.39. The molecule has 0 radical (unpaired) electrons. The Kier molecular flexibility index (Phi) is 5.78. The Morgan fingerprint density at radius 3 is 2.36 bits per heavy atom. The third-order valence-electron chi connectivity index (χ3n) is 4.67. The minimum Gasteiger partial charge on any atom is -0.497 e. The summed E-state index contributed by atoms with van der Waals surface area (Å²) in [6, 6.07) is 15.4. The maximum Gasteiger partial charge on any atom is 0.242 e. The number of methoxy groups -OCH3 is 1. The molecular weight excluding hydrogens is 362 g/mol. The van der Waals surface area contributed by atoms with Crippen molar-refractivity contribution in [3.8, 4) is 5.75 Å². The third-order valence-corrected chi connectivity index (χ3v) is 4.67. The molecule has 4 nitrogen and oxygen atoms in total. The van der Waals surface area contributed by atoms with E-state index < -0.39 is 11.6 Å². The van der Waals surface area contributed by atoms with Crippen LogP contribution in [0.25, 0.3) is 10.8 Å². The molecule has 3 aromatic carbocycles. The number of hydrogen-bond donors (Lipinski definition) is 0. The van der Waals surface area contributed by atoms with Crippen LogP contribution in [0.1, 0.15) is 5.56 Å². The van der Waals surface area contributed by atoms with Crippen LogP contribution >= 0.6 is 0 Å². The second-order valence-electron chi connectivity index (χ2n) is 6.75. The molecular formula is C22H22F2N2O2. The van der Waals surface area contributed by atoms with Gasteiger partial charge in [-0.05, 0) is 46.7 Å². The predicted molar refractivity (Wildman–Crippen MR) is 107 cm³/mol. The van der Waals surface area contributed by atoms with E-state index in [0.29, 0.717) is 12.2 Å². The number of rotatable bonds is 6. The number of fused-ring (bicyclic) bond motifs is 1. The number of carbonyl (C=O) groups is 1. The number of anilines is 1. The van der Waals surface area contributed by atoms with E-state index in [9.17, 15) is 13.6 Å². The Balaban J connectivity index is 1.66. The van der Waals surface area contributed by atoms with Crippen molar-refractivity contribution in [1.82, 2.24) is 4.90 Å². The molecule has 0 aliphatic carbocycles. The number of ether oxygens (including phenoxy) is 1. The molecule has 0 aliphatic heterocycles. The van der Waals surface area contributed by atoms with E-state index in [1.165, 1.54) is 6.07 Å². The second-order valence-corrected chi connectivity index (χ2v) is 6.75. The normalized spacial score (nSPS) is 10.8. The molecule has 28 heavy (non-hydrogen) atoms. The van der Waals surface area contributed by atoms with Gasteiger partial charge in [-0.1, -0.05) is 18.2 Å². The quantitative estimate of drug-likeness (QED) is 0.638. The van der Waals surface area contributed by atoms with Gasteiger partial charge in [0.1, 0.15) is 5.75 Å². The molecule has 1 amide bonds.